The summed E-state index contributed by atoms with van der Waals surface area (Å²) in [6.07, 6.45) is 0. The lowest BCUT2D eigenvalue weighted by Crippen LogP contribution is -2.09. The number of nitrogens with two attached hydrogens (primary N) is 1. The van der Waals surface area contributed by atoms with Crippen LogP contribution in [0, 0.1) is 13.7 Å². The van der Waals surface area contributed by atoms with E-state index in [0.29, 0.717) is 5.56 Å². The second-order valence-corrected chi connectivity index (χ2v) is 5.13. The molecule has 0 aliphatic heterocycles. The molecule has 0 radical (unpaired) electrons. The first-order chi connectivity index (χ1) is 9.61. The van der Waals surface area contributed by atoms with Crippen LogP contribution in [0.3, 0.4) is 0 Å². The van der Waals surface area contributed by atoms with E-state index in [1.165, 1.54) is 6.07 Å². The molecule has 0 aliphatic rings. The zero-order valence-electron chi connectivity index (χ0n) is 10.4. The maximum Gasteiger partial charge on any atom is 0.294 e. The van der Waals surface area contributed by atoms with Gasteiger partial charge in [0.05, 0.1) is 8.49 Å². The minimum absolute atomic E-state index is 0.0728. The smallest absolute Gasteiger partial charge is 0.294 e. The maximum absolute atomic E-state index is 10.9. The van der Waals surface area contributed by atoms with E-state index in [-0.39, 0.29) is 18.0 Å². The normalized spacial score (nSPS) is 10.1. The number of anilines is 1. The largest absolute Gasteiger partial charge is 0.488 e. The predicted octanol–water partition coefficient (Wildman–Crippen LogP) is 3.06. The molecule has 0 aromatic heterocycles. The second kappa shape index (κ2) is 6.53. The van der Waals surface area contributed by atoms with E-state index in [9.17, 15) is 10.1 Å². The molecule has 3 N–H and O–H groups in total. The van der Waals surface area contributed by atoms with Gasteiger partial charge in [0.1, 0.15) is 18.0 Å². The Labute approximate surface area is 129 Å². The lowest BCUT2D eigenvalue weighted by Gasteiger charge is -2.09. The number of nitro benzene ring substituents is 1. The van der Waals surface area contributed by atoms with Crippen LogP contribution in [0.5, 0.6) is 5.75 Å². The number of hydrogen-bond acceptors (Lipinski definition) is 5. The van der Waals surface area contributed by atoms with E-state index in [4.69, 9.17) is 10.6 Å². The van der Waals surface area contributed by atoms with Crippen molar-refractivity contribution < 1.29 is 9.66 Å². The summed E-state index contributed by atoms with van der Waals surface area (Å²) in [6, 6.07) is 12.3. The zero-order chi connectivity index (χ0) is 14.5. The second-order valence-electron chi connectivity index (χ2n) is 3.97. The summed E-state index contributed by atoms with van der Waals surface area (Å²) < 4.78 is 6.64. The summed E-state index contributed by atoms with van der Waals surface area (Å²) in [6.45, 7) is 0.256. The van der Waals surface area contributed by atoms with Crippen molar-refractivity contribution in [2.45, 2.75) is 6.61 Å². The van der Waals surface area contributed by atoms with E-state index in [1.807, 2.05) is 24.3 Å². The third-order valence-corrected chi connectivity index (χ3v) is 3.54. The van der Waals surface area contributed by atoms with E-state index in [2.05, 4.69) is 28.0 Å². The number of nitrogens with zero attached hydrogens (tertiary/aromatic N) is 1. The van der Waals surface area contributed by atoms with Crippen molar-refractivity contribution >= 4 is 34.0 Å². The van der Waals surface area contributed by atoms with Gasteiger partial charge >= 0.3 is 0 Å². The first-order valence-electron chi connectivity index (χ1n) is 5.73. The number of ether oxygens (including phenoxy) is 1. The molecule has 2 aromatic carbocycles. The molecule has 0 fully saturated rings. The third kappa shape index (κ3) is 3.36. The van der Waals surface area contributed by atoms with Crippen LogP contribution < -0.4 is 16.0 Å². The molecule has 0 bridgehead atoms. The first-order valence-corrected chi connectivity index (χ1v) is 6.81. The Hall–Kier alpha value is -1.87. The highest BCUT2D eigenvalue weighted by Crippen LogP contribution is 2.26. The molecular weight excluding hydrogens is 373 g/mol. The number of benzene rings is 2. The van der Waals surface area contributed by atoms with Gasteiger partial charge in [0.25, 0.3) is 5.69 Å². The number of rotatable bonds is 5. The van der Waals surface area contributed by atoms with Gasteiger partial charge in [-0.15, -0.1) is 0 Å². The van der Waals surface area contributed by atoms with E-state index < -0.39 is 4.92 Å². The Bertz CT molecular complexity index is 634. The number of nitrogens with one attached hydrogen (secondary N) is 1. The van der Waals surface area contributed by atoms with Crippen molar-refractivity contribution in [1.82, 2.24) is 0 Å². The average Bonchev–Trinajstić information content (AvgIpc) is 2.46. The van der Waals surface area contributed by atoms with Crippen LogP contribution in [0.25, 0.3) is 0 Å². The number of hydrogen-bond donors (Lipinski definition) is 2. The number of para-hydroxylation sites is 1. The fourth-order valence-corrected chi connectivity index (χ4v) is 2.21. The SMILES string of the molecule is NNc1ccc(COc2ccccc2I)cc1[N+](=O)[O-]. The molecular formula is C13H12IN3O3. The topological polar surface area (TPSA) is 90.4 Å². The molecule has 0 atom stereocenters. The Balaban J connectivity index is 2.16. The van der Waals surface area contributed by atoms with Gasteiger partial charge in [-0.2, -0.15) is 0 Å². The molecule has 20 heavy (non-hydrogen) atoms. The van der Waals surface area contributed by atoms with Crippen LogP contribution in [0.4, 0.5) is 11.4 Å². The summed E-state index contributed by atoms with van der Waals surface area (Å²) in [5, 5.41) is 10.9. The molecule has 104 valence electrons. The van der Waals surface area contributed by atoms with Crippen LogP contribution in [0.15, 0.2) is 42.5 Å². The van der Waals surface area contributed by atoms with Gasteiger partial charge in [-0.05, 0) is 46.4 Å². The van der Waals surface area contributed by atoms with Crippen LogP contribution in [0.1, 0.15) is 5.56 Å². The Morgan fingerprint density at radius 1 is 1.30 bits per heavy atom. The lowest BCUT2D eigenvalue weighted by atomic mass is 10.2. The molecule has 0 saturated heterocycles. The van der Waals surface area contributed by atoms with Crippen molar-refractivity contribution in [2.75, 3.05) is 5.43 Å². The minimum Gasteiger partial charge on any atom is -0.488 e. The Morgan fingerprint density at radius 2 is 2.05 bits per heavy atom. The summed E-state index contributed by atoms with van der Waals surface area (Å²) >= 11 is 2.17. The lowest BCUT2D eigenvalue weighted by molar-refractivity contribution is -0.384. The van der Waals surface area contributed by atoms with Gasteiger partial charge in [-0.1, -0.05) is 18.2 Å². The van der Waals surface area contributed by atoms with Crippen molar-refractivity contribution in [1.29, 1.82) is 0 Å². The van der Waals surface area contributed by atoms with Gasteiger partial charge in [0.15, 0.2) is 0 Å². The van der Waals surface area contributed by atoms with Gasteiger partial charge < -0.3 is 10.2 Å². The summed E-state index contributed by atoms with van der Waals surface area (Å²) in [5.41, 5.74) is 3.21. The molecule has 2 aromatic rings. The van der Waals surface area contributed by atoms with Crippen LogP contribution >= 0.6 is 22.6 Å². The fraction of sp³-hybridized carbons (Fsp3) is 0.0769. The molecule has 6 nitrogen and oxygen atoms in total. The zero-order valence-corrected chi connectivity index (χ0v) is 12.5. The van der Waals surface area contributed by atoms with Crippen molar-refractivity contribution in [3.63, 3.8) is 0 Å². The third-order valence-electron chi connectivity index (χ3n) is 2.65. The predicted molar refractivity (Wildman–Crippen MR) is 84.4 cm³/mol. The van der Waals surface area contributed by atoms with Crippen molar-refractivity contribution in [2.24, 2.45) is 5.84 Å². The number of hydrazine groups is 1. The molecule has 7 heteroatoms. The van der Waals surface area contributed by atoms with Crippen LogP contribution in [0.2, 0.25) is 0 Å². The van der Waals surface area contributed by atoms with E-state index in [0.717, 1.165) is 9.32 Å². The van der Waals surface area contributed by atoms with E-state index >= 15 is 0 Å². The van der Waals surface area contributed by atoms with Gasteiger partial charge in [0, 0.05) is 6.07 Å². The van der Waals surface area contributed by atoms with Crippen LogP contribution in [-0.4, -0.2) is 4.92 Å². The van der Waals surface area contributed by atoms with Crippen molar-refractivity contribution in [3.8, 4) is 5.75 Å². The monoisotopic (exact) mass is 385 g/mol. The minimum atomic E-state index is -0.481. The highest BCUT2D eigenvalue weighted by atomic mass is 127. The molecule has 0 amide bonds. The molecule has 0 unspecified atom stereocenters. The van der Waals surface area contributed by atoms with E-state index in [1.54, 1.807) is 12.1 Å². The maximum atomic E-state index is 10.9. The molecule has 0 aliphatic carbocycles. The van der Waals surface area contributed by atoms with Gasteiger partial charge in [0.2, 0.25) is 0 Å². The summed E-state index contributed by atoms with van der Waals surface area (Å²) in [4.78, 5) is 10.4. The summed E-state index contributed by atoms with van der Waals surface area (Å²) in [5.74, 6) is 5.98. The number of nitro groups is 1. The van der Waals surface area contributed by atoms with Gasteiger partial charge in [-0.3, -0.25) is 16.0 Å². The first kappa shape index (κ1) is 14.5. The van der Waals surface area contributed by atoms with Crippen LogP contribution in [-0.2, 0) is 6.61 Å². The standard InChI is InChI=1S/C13H12IN3O3/c14-10-3-1-2-4-13(10)20-8-9-5-6-11(16-15)12(7-9)17(18)19/h1-7,16H,8,15H2. The fourth-order valence-electron chi connectivity index (χ4n) is 1.66. The molecule has 0 saturated carbocycles. The molecule has 0 spiro atoms. The average molecular weight is 385 g/mol. The highest BCUT2D eigenvalue weighted by molar-refractivity contribution is 14.1. The molecule has 0 heterocycles. The Kier molecular flexibility index (Phi) is 4.74. The quantitative estimate of drug-likeness (QED) is 0.357. The number of nitrogen functional groups attached to an aromatic ring is 1. The van der Waals surface area contributed by atoms with Gasteiger partial charge in [-0.25, -0.2) is 0 Å². The summed E-state index contributed by atoms with van der Waals surface area (Å²) in [7, 11) is 0. The van der Waals surface area contributed by atoms with Crippen molar-refractivity contribution in [3.05, 3.63) is 61.7 Å². The Morgan fingerprint density at radius 3 is 2.70 bits per heavy atom. The number of halogens is 1. The molecule has 2 rings (SSSR count). The highest BCUT2D eigenvalue weighted by Gasteiger charge is 2.14.